The second-order valence-electron chi connectivity index (χ2n) is 4.35. The summed E-state index contributed by atoms with van der Waals surface area (Å²) in [4.78, 5) is 10.8. The molecule has 0 radical (unpaired) electrons. The predicted octanol–water partition coefficient (Wildman–Crippen LogP) is 3.02. The van der Waals surface area contributed by atoms with E-state index in [1.807, 2.05) is 12.1 Å². The normalized spacial score (nSPS) is 22.6. The molecule has 1 heterocycles. The van der Waals surface area contributed by atoms with E-state index in [9.17, 15) is 4.79 Å². The predicted molar refractivity (Wildman–Crippen MR) is 74.9 cm³/mol. The first kappa shape index (κ1) is 15.6. The lowest BCUT2D eigenvalue weighted by molar-refractivity contribution is -0.139. The molecular formula is C12H14Cl3NO2. The van der Waals surface area contributed by atoms with Crippen molar-refractivity contribution in [3.8, 4) is 0 Å². The highest BCUT2D eigenvalue weighted by Gasteiger charge is 2.28. The van der Waals surface area contributed by atoms with Gasteiger partial charge < -0.3 is 10.4 Å². The number of rotatable bonds is 3. The molecular weight excluding hydrogens is 296 g/mol. The lowest BCUT2D eigenvalue weighted by Gasteiger charge is -2.09. The van der Waals surface area contributed by atoms with Gasteiger partial charge in [0.25, 0.3) is 0 Å². The highest BCUT2D eigenvalue weighted by Crippen LogP contribution is 2.25. The van der Waals surface area contributed by atoms with Gasteiger partial charge in [0.2, 0.25) is 0 Å². The molecule has 2 rings (SSSR count). The Morgan fingerprint density at radius 3 is 2.67 bits per heavy atom. The second-order valence-corrected chi connectivity index (χ2v) is 5.17. The van der Waals surface area contributed by atoms with E-state index in [4.69, 9.17) is 28.3 Å². The van der Waals surface area contributed by atoms with E-state index in [0.717, 1.165) is 18.5 Å². The van der Waals surface area contributed by atoms with Crippen LogP contribution in [-0.4, -0.2) is 23.7 Å². The van der Waals surface area contributed by atoms with Crippen LogP contribution < -0.4 is 5.32 Å². The van der Waals surface area contributed by atoms with Crippen LogP contribution in [0.5, 0.6) is 0 Å². The third-order valence-electron chi connectivity index (χ3n) is 3.03. The van der Waals surface area contributed by atoms with Gasteiger partial charge in [-0.3, -0.25) is 4.79 Å². The van der Waals surface area contributed by atoms with Crippen LogP contribution in [0.2, 0.25) is 10.0 Å². The largest absolute Gasteiger partial charge is 0.480 e. The van der Waals surface area contributed by atoms with Crippen molar-refractivity contribution in [2.75, 3.05) is 6.54 Å². The summed E-state index contributed by atoms with van der Waals surface area (Å²) in [5.41, 5.74) is 1.09. The number of carboxylic acids is 1. The summed E-state index contributed by atoms with van der Waals surface area (Å²) in [5, 5.41) is 13.0. The average molecular weight is 311 g/mol. The Hall–Kier alpha value is -0.480. The maximum Gasteiger partial charge on any atom is 0.320 e. The Morgan fingerprint density at radius 2 is 2.11 bits per heavy atom. The van der Waals surface area contributed by atoms with Gasteiger partial charge in [0.1, 0.15) is 6.04 Å². The van der Waals surface area contributed by atoms with Crippen molar-refractivity contribution >= 4 is 41.6 Å². The molecule has 2 unspecified atom stereocenters. The standard InChI is InChI=1S/C12H13Cl2NO2.ClH/c13-9-2-1-7(4-10(9)14)3-8-5-11(12(16)17)15-6-8;/h1-2,4,8,11,15H,3,5-6H2,(H,16,17);1H. The molecule has 2 N–H and O–H groups in total. The summed E-state index contributed by atoms with van der Waals surface area (Å²) in [6.07, 6.45) is 1.49. The molecule has 0 saturated carbocycles. The van der Waals surface area contributed by atoms with Crippen molar-refractivity contribution in [1.29, 1.82) is 0 Å². The number of benzene rings is 1. The number of carbonyl (C=O) groups is 1. The summed E-state index contributed by atoms with van der Waals surface area (Å²) in [7, 11) is 0. The minimum Gasteiger partial charge on any atom is -0.480 e. The zero-order chi connectivity index (χ0) is 12.4. The lowest BCUT2D eigenvalue weighted by Crippen LogP contribution is -2.29. The first-order valence-corrected chi connectivity index (χ1v) is 6.22. The topological polar surface area (TPSA) is 49.3 Å². The van der Waals surface area contributed by atoms with Crippen molar-refractivity contribution in [3.63, 3.8) is 0 Å². The van der Waals surface area contributed by atoms with Gasteiger partial charge in [-0.15, -0.1) is 12.4 Å². The SMILES string of the molecule is Cl.O=C(O)C1CC(Cc2ccc(Cl)c(Cl)c2)CN1. The van der Waals surface area contributed by atoms with Crippen LogP contribution in [-0.2, 0) is 11.2 Å². The van der Waals surface area contributed by atoms with Crippen LogP contribution in [0.25, 0.3) is 0 Å². The monoisotopic (exact) mass is 309 g/mol. The maximum atomic E-state index is 10.8. The molecule has 0 spiro atoms. The van der Waals surface area contributed by atoms with E-state index in [-0.39, 0.29) is 12.4 Å². The molecule has 1 aliphatic heterocycles. The maximum absolute atomic E-state index is 10.8. The molecule has 6 heteroatoms. The van der Waals surface area contributed by atoms with Gasteiger partial charge in [-0.25, -0.2) is 0 Å². The van der Waals surface area contributed by atoms with Crippen LogP contribution in [0.15, 0.2) is 18.2 Å². The van der Waals surface area contributed by atoms with Crippen LogP contribution in [0.4, 0.5) is 0 Å². The van der Waals surface area contributed by atoms with E-state index >= 15 is 0 Å². The number of halogens is 3. The number of carboxylic acid groups (broad SMARTS) is 1. The molecule has 18 heavy (non-hydrogen) atoms. The molecule has 0 aliphatic carbocycles. The van der Waals surface area contributed by atoms with Gasteiger partial charge in [0.15, 0.2) is 0 Å². The van der Waals surface area contributed by atoms with Gasteiger partial charge in [-0.05, 0) is 43.0 Å². The molecule has 1 aromatic carbocycles. The molecule has 2 atom stereocenters. The smallest absolute Gasteiger partial charge is 0.320 e. The fourth-order valence-corrected chi connectivity index (χ4v) is 2.47. The second kappa shape index (κ2) is 6.62. The van der Waals surface area contributed by atoms with Gasteiger partial charge in [-0.1, -0.05) is 29.3 Å². The van der Waals surface area contributed by atoms with E-state index in [2.05, 4.69) is 5.32 Å². The van der Waals surface area contributed by atoms with Crippen LogP contribution in [0.1, 0.15) is 12.0 Å². The number of aliphatic carboxylic acids is 1. The van der Waals surface area contributed by atoms with Gasteiger partial charge >= 0.3 is 5.97 Å². The third kappa shape index (κ3) is 3.75. The van der Waals surface area contributed by atoms with Gasteiger partial charge in [0, 0.05) is 0 Å². The van der Waals surface area contributed by atoms with Crippen molar-refractivity contribution in [1.82, 2.24) is 5.32 Å². The van der Waals surface area contributed by atoms with Crippen LogP contribution in [0.3, 0.4) is 0 Å². The fraction of sp³-hybridized carbons (Fsp3) is 0.417. The molecule has 0 amide bonds. The molecule has 1 aromatic rings. The molecule has 0 bridgehead atoms. The van der Waals surface area contributed by atoms with Crippen molar-refractivity contribution in [2.45, 2.75) is 18.9 Å². The van der Waals surface area contributed by atoms with Crippen molar-refractivity contribution in [2.24, 2.45) is 5.92 Å². The molecule has 1 saturated heterocycles. The summed E-state index contributed by atoms with van der Waals surface area (Å²) in [6, 6.07) is 5.14. The van der Waals surface area contributed by atoms with Crippen molar-refractivity contribution in [3.05, 3.63) is 33.8 Å². The van der Waals surface area contributed by atoms with E-state index < -0.39 is 12.0 Å². The minimum absolute atomic E-state index is 0. The Balaban J connectivity index is 0.00000162. The van der Waals surface area contributed by atoms with Crippen molar-refractivity contribution < 1.29 is 9.90 Å². The first-order valence-electron chi connectivity index (χ1n) is 5.46. The molecule has 0 aromatic heterocycles. The number of hydrogen-bond donors (Lipinski definition) is 2. The Morgan fingerprint density at radius 1 is 1.39 bits per heavy atom. The van der Waals surface area contributed by atoms with Gasteiger partial charge in [-0.2, -0.15) is 0 Å². The Kier molecular flexibility index (Phi) is 5.73. The number of hydrogen-bond acceptors (Lipinski definition) is 2. The highest BCUT2D eigenvalue weighted by atomic mass is 35.5. The number of nitrogens with one attached hydrogen (secondary N) is 1. The fourth-order valence-electron chi connectivity index (χ4n) is 2.15. The summed E-state index contributed by atoms with van der Waals surface area (Å²) in [5.74, 6) is -0.435. The summed E-state index contributed by atoms with van der Waals surface area (Å²) < 4.78 is 0. The van der Waals surface area contributed by atoms with E-state index in [0.29, 0.717) is 22.4 Å². The average Bonchev–Trinajstić information content (AvgIpc) is 2.72. The van der Waals surface area contributed by atoms with Gasteiger partial charge in [0.05, 0.1) is 10.0 Å². The zero-order valence-corrected chi connectivity index (χ0v) is 11.9. The van der Waals surface area contributed by atoms with E-state index in [1.165, 1.54) is 0 Å². The molecule has 100 valence electrons. The van der Waals surface area contributed by atoms with Crippen LogP contribution in [0, 0.1) is 5.92 Å². The Bertz CT molecular complexity index is 439. The highest BCUT2D eigenvalue weighted by molar-refractivity contribution is 6.42. The Labute approximate surface area is 122 Å². The van der Waals surface area contributed by atoms with Crippen LogP contribution >= 0.6 is 35.6 Å². The first-order chi connectivity index (χ1) is 8.06. The quantitative estimate of drug-likeness (QED) is 0.902. The third-order valence-corrected chi connectivity index (χ3v) is 3.77. The molecule has 1 fully saturated rings. The summed E-state index contributed by atoms with van der Waals surface area (Å²) >= 11 is 11.8. The lowest BCUT2D eigenvalue weighted by atomic mass is 9.97. The minimum atomic E-state index is -0.776. The molecule has 3 nitrogen and oxygen atoms in total. The molecule has 1 aliphatic rings. The zero-order valence-electron chi connectivity index (χ0n) is 9.53. The van der Waals surface area contributed by atoms with E-state index in [1.54, 1.807) is 6.07 Å². The summed E-state index contributed by atoms with van der Waals surface area (Å²) in [6.45, 7) is 0.733.